The third-order valence-corrected chi connectivity index (χ3v) is 6.93. The number of nitrogens with one attached hydrogen (secondary N) is 2. The minimum Gasteiger partial charge on any atom is -0.406 e. The highest BCUT2D eigenvalue weighted by atomic mass is 19.4. The van der Waals surface area contributed by atoms with Crippen LogP contribution in [0.15, 0.2) is 58.9 Å². The minimum absolute atomic E-state index is 0.0465. The van der Waals surface area contributed by atoms with Crippen LogP contribution in [-0.4, -0.2) is 35.1 Å². The second-order valence-electron chi connectivity index (χ2n) is 10.6. The number of ether oxygens (including phenoxy) is 1. The molecule has 2 aromatic rings. The number of hydrogen-bond donors (Lipinski definition) is 3. The van der Waals surface area contributed by atoms with Gasteiger partial charge in [0.25, 0.3) is 11.8 Å². The zero-order valence-corrected chi connectivity index (χ0v) is 22.1. The number of nitrogens with zero attached hydrogens (tertiary/aromatic N) is 3. The SMILES string of the molecule is CC(C)(C)C1CCC(N(Cc2ccc(C(=O)N/C(N)=N/N=N)cc2)C(=O)c2ccc(OC(F)(F)F)cc2)CC1. The summed E-state index contributed by atoms with van der Waals surface area (Å²) in [6.07, 6.45) is -1.28. The molecule has 1 saturated carbocycles. The first-order valence-corrected chi connectivity index (χ1v) is 12.5. The van der Waals surface area contributed by atoms with Gasteiger partial charge in [-0.15, -0.1) is 13.2 Å². The van der Waals surface area contributed by atoms with Crippen LogP contribution in [0.2, 0.25) is 0 Å². The average molecular weight is 547 g/mol. The van der Waals surface area contributed by atoms with E-state index in [-0.39, 0.29) is 35.4 Å². The summed E-state index contributed by atoms with van der Waals surface area (Å²) in [5.41, 5.74) is 13.6. The number of carbonyl (C=O) groups excluding carboxylic acids is 2. The zero-order chi connectivity index (χ0) is 28.8. The van der Waals surface area contributed by atoms with Crippen molar-refractivity contribution in [1.82, 2.24) is 10.2 Å². The van der Waals surface area contributed by atoms with Crippen molar-refractivity contribution in [2.75, 3.05) is 0 Å². The van der Waals surface area contributed by atoms with Crippen LogP contribution >= 0.6 is 0 Å². The second-order valence-corrected chi connectivity index (χ2v) is 10.6. The maximum Gasteiger partial charge on any atom is 0.573 e. The molecule has 0 aliphatic heterocycles. The molecule has 0 unspecified atom stereocenters. The third-order valence-electron chi connectivity index (χ3n) is 6.93. The lowest BCUT2D eigenvalue weighted by Gasteiger charge is -2.41. The van der Waals surface area contributed by atoms with Crippen LogP contribution in [-0.2, 0) is 6.54 Å². The first-order chi connectivity index (χ1) is 18.3. The van der Waals surface area contributed by atoms with Crippen LogP contribution < -0.4 is 15.8 Å². The van der Waals surface area contributed by atoms with Gasteiger partial charge in [0.1, 0.15) is 5.75 Å². The fourth-order valence-corrected chi connectivity index (χ4v) is 4.81. The van der Waals surface area contributed by atoms with Crippen LogP contribution in [0.25, 0.3) is 0 Å². The molecule has 2 aromatic carbocycles. The standard InChI is InChI=1S/C27H33F3N6O3/c1-26(2,3)20-10-12-21(13-11-20)36(24(38)19-8-14-22(15-9-19)39-27(28,29)30)16-17-4-6-18(7-5-17)23(37)33-25(31)34-35-32/h4-9,14-15,20-21H,10-13,16H2,1-3H3,(H4,31,32,33,34,37). The van der Waals surface area contributed by atoms with E-state index in [4.69, 9.17) is 11.3 Å². The monoisotopic (exact) mass is 546 g/mol. The first-order valence-electron chi connectivity index (χ1n) is 12.5. The van der Waals surface area contributed by atoms with E-state index in [1.807, 2.05) is 0 Å². The van der Waals surface area contributed by atoms with Gasteiger partial charge in [0.2, 0.25) is 5.96 Å². The maximum atomic E-state index is 13.6. The van der Waals surface area contributed by atoms with Gasteiger partial charge in [-0.3, -0.25) is 14.9 Å². The molecule has 2 amide bonds. The van der Waals surface area contributed by atoms with E-state index in [9.17, 15) is 22.8 Å². The number of carbonyl (C=O) groups is 2. The highest BCUT2D eigenvalue weighted by Gasteiger charge is 2.34. The van der Waals surface area contributed by atoms with Crippen LogP contribution in [0.3, 0.4) is 0 Å². The van der Waals surface area contributed by atoms with Crippen molar-refractivity contribution < 1.29 is 27.5 Å². The lowest BCUT2D eigenvalue weighted by Crippen LogP contribution is -2.43. The summed E-state index contributed by atoms with van der Waals surface area (Å²) in [4.78, 5) is 27.7. The molecule has 0 spiro atoms. The lowest BCUT2D eigenvalue weighted by atomic mass is 9.71. The van der Waals surface area contributed by atoms with Crippen molar-refractivity contribution in [2.24, 2.45) is 27.4 Å². The Morgan fingerprint density at radius 1 is 1.00 bits per heavy atom. The molecule has 1 fully saturated rings. The van der Waals surface area contributed by atoms with Gasteiger partial charge in [-0.1, -0.05) is 38.0 Å². The molecule has 1 aliphatic carbocycles. The molecular weight excluding hydrogens is 513 g/mol. The Labute approximate surface area is 225 Å². The highest BCUT2D eigenvalue weighted by molar-refractivity contribution is 6.05. The number of guanidine groups is 1. The predicted octanol–water partition coefficient (Wildman–Crippen LogP) is 5.82. The summed E-state index contributed by atoms with van der Waals surface area (Å²) in [6.45, 7) is 6.90. The van der Waals surface area contributed by atoms with E-state index in [2.05, 4.69) is 41.1 Å². The van der Waals surface area contributed by atoms with E-state index < -0.39 is 18.0 Å². The van der Waals surface area contributed by atoms with Gasteiger partial charge in [0.15, 0.2) is 0 Å². The Morgan fingerprint density at radius 3 is 2.08 bits per heavy atom. The highest BCUT2D eigenvalue weighted by Crippen LogP contribution is 2.39. The van der Waals surface area contributed by atoms with Gasteiger partial charge in [0, 0.05) is 23.7 Å². The van der Waals surface area contributed by atoms with Gasteiger partial charge < -0.3 is 15.4 Å². The maximum absolute atomic E-state index is 13.6. The Balaban J connectivity index is 1.80. The van der Waals surface area contributed by atoms with Crippen molar-refractivity contribution in [1.29, 1.82) is 5.53 Å². The molecule has 0 bridgehead atoms. The minimum atomic E-state index is -4.82. The fourth-order valence-electron chi connectivity index (χ4n) is 4.81. The van der Waals surface area contributed by atoms with Gasteiger partial charge >= 0.3 is 6.36 Å². The van der Waals surface area contributed by atoms with Crippen molar-refractivity contribution >= 4 is 17.8 Å². The van der Waals surface area contributed by atoms with Crippen LogP contribution in [0.1, 0.15) is 72.7 Å². The molecule has 210 valence electrons. The molecule has 12 heteroatoms. The molecule has 0 saturated heterocycles. The zero-order valence-electron chi connectivity index (χ0n) is 22.1. The second kappa shape index (κ2) is 12.3. The summed E-state index contributed by atoms with van der Waals surface area (Å²) < 4.78 is 41.6. The topological polar surface area (TPSA) is 133 Å². The predicted molar refractivity (Wildman–Crippen MR) is 139 cm³/mol. The van der Waals surface area contributed by atoms with Crippen molar-refractivity contribution in [3.8, 4) is 5.75 Å². The van der Waals surface area contributed by atoms with Crippen molar-refractivity contribution in [3.05, 3.63) is 65.2 Å². The van der Waals surface area contributed by atoms with Crippen LogP contribution in [0.5, 0.6) is 5.75 Å². The van der Waals surface area contributed by atoms with Crippen molar-refractivity contribution in [3.63, 3.8) is 0 Å². The number of nitrogens with two attached hydrogens (primary N) is 1. The van der Waals surface area contributed by atoms with E-state index in [1.54, 1.807) is 29.2 Å². The quantitative estimate of drug-likeness (QED) is 0.175. The van der Waals surface area contributed by atoms with E-state index in [0.29, 0.717) is 11.5 Å². The Kier molecular flexibility index (Phi) is 9.31. The molecule has 39 heavy (non-hydrogen) atoms. The number of amides is 2. The largest absolute Gasteiger partial charge is 0.573 e. The molecule has 4 N–H and O–H groups in total. The summed E-state index contributed by atoms with van der Waals surface area (Å²) in [7, 11) is 0. The van der Waals surface area contributed by atoms with E-state index in [1.165, 1.54) is 12.1 Å². The summed E-state index contributed by atoms with van der Waals surface area (Å²) in [5, 5.41) is 8.31. The summed E-state index contributed by atoms with van der Waals surface area (Å²) in [6, 6.07) is 11.5. The Hall–Kier alpha value is -3.96. The normalized spacial score (nSPS) is 18.3. The molecule has 0 aromatic heterocycles. The van der Waals surface area contributed by atoms with Crippen LogP contribution in [0, 0.1) is 16.9 Å². The Morgan fingerprint density at radius 2 is 1.56 bits per heavy atom. The molecule has 0 heterocycles. The van der Waals surface area contributed by atoms with Gasteiger partial charge in [-0.2, -0.15) is 5.53 Å². The smallest absolute Gasteiger partial charge is 0.406 e. The average Bonchev–Trinajstić information content (AvgIpc) is 2.86. The van der Waals surface area contributed by atoms with Gasteiger partial charge in [-0.05, 0) is 84.2 Å². The first kappa shape index (κ1) is 29.6. The number of benzene rings is 2. The number of halogens is 3. The van der Waals surface area contributed by atoms with Gasteiger partial charge in [0.05, 0.1) is 0 Å². The van der Waals surface area contributed by atoms with E-state index >= 15 is 0 Å². The molecule has 3 rings (SSSR count). The summed E-state index contributed by atoms with van der Waals surface area (Å²) in [5.74, 6) is -1.000. The van der Waals surface area contributed by atoms with Crippen LogP contribution in [0.4, 0.5) is 13.2 Å². The summed E-state index contributed by atoms with van der Waals surface area (Å²) >= 11 is 0. The van der Waals surface area contributed by atoms with Crippen molar-refractivity contribution in [2.45, 2.75) is 65.4 Å². The molecule has 9 nitrogen and oxygen atoms in total. The lowest BCUT2D eigenvalue weighted by molar-refractivity contribution is -0.274. The fraction of sp³-hybridized carbons (Fsp3) is 0.444. The molecule has 0 atom stereocenters. The number of hydrogen-bond acceptors (Lipinski definition) is 5. The Bertz CT molecular complexity index is 1180. The van der Waals surface area contributed by atoms with E-state index in [0.717, 1.165) is 43.4 Å². The molecular formula is C27H33F3N6O3. The molecule has 1 aliphatic rings. The van der Waals surface area contributed by atoms with Gasteiger partial charge in [-0.25, -0.2) is 0 Å². The number of alkyl halides is 3. The molecule has 0 radical (unpaired) electrons. The number of rotatable bonds is 7. The third kappa shape index (κ3) is 8.52.